The molecule has 1 atom stereocenters. The molecule has 1 unspecified atom stereocenters. The highest BCUT2D eigenvalue weighted by Crippen LogP contribution is 2.46. The maximum atomic E-state index is 13.3. The van der Waals surface area contributed by atoms with E-state index in [0.717, 1.165) is 34.2 Å². The molecule has 1 aliphatic rings. The molecule has 3 heterocycles. The minimum absolute atomic E-state index is 0.148. The number of pyridine rings is 1. The Morgan fingerprint density at radius 1 is 1.14 bits per heavy atom. The predicted molar refractivity (Wildman–Crippen MR) is 165 cm³/mol. The number of carbonyl (C=O) groups is 2. The van der Waals surface area contributed by atoms with Crippen LogP contribution in [0.15, 0.2) is 54.7 Å². The molecular formula is C33H31N3O6S. The van der Waals surface area contributed by atoms with Gasteiger partial charge in [0, 0.05) is 41.2 Å². The van der Waals surface area contributed by atoms with Crippen molar-refractivity contribution < 1.29 is 29.3 Å². The molecule has 0 saturated heterocycles. The van der Waals surface area contributed by atoms with Crippen LogP contribution in [-0.4, -0.2) is 44.3 Å². The Labute approximate surface area is 252 Å². The number of nitrogens with zero attached hydrogens (tertiary/aromatic N) is 2. The highest BCUT2D eigenvalue weighted by molar-refractivity contribution is 7.20. The summed E-state index contributed by atoms with van der Waals surface area (Å²) in [6.07, 6.45) is 1.22. The molecule has 0 saturated carbocycles. The first-order valence-corrected chi connectivity index (χ1v) is 14.8. The smallest absolute Gasteiger partial charge is 0.337 e. The van der Waals surface area contributed by atoms with E-state index in [2.05, 4.69) is 10.3 Å². The molecule has 0 radical (unpaired) electrons. The number of aliphatic carboxylic acids is 1. The van der Waals surface area contributed by atoms with E-state index in [4.69, 9.17) is 14.5 Å². The molecule has 5 aromatic rings. The number of phenols is 1. The van der Waals surface area contributed by atoms with Crippen molar-refractivity contribution >= 4 is 44.3 Å². The Morgan fingerprint density at radius 2 is 1.91 bits per heavy atom. The molecule has 2 aromatic heterocycles. The average molecular weight is 598 g/mol. The first-order chi connectivity index (χ1) is 20.5. The molecule has 9 nitrogen and oxygen atoms in total. The van der Waals surface area contributed by atoms with Gasteiger partial charge in [0.1, 0.15) is 11.5 Å². The van der Waals surface area contributed by atoms with E-state index < -0.39 is 17.7 Å². The van der Waals surface area contributed by atoms with Crippen LogP contribution in [0.3, 0.4) is 0 Å². The standard InChI is InChI=1S/C33H31N3O6S/c1-17-15-22-29(43-31(36-22)30(38)35-16-18-5-7-20(37)8-6-18)26(24(17)28(32(39)40)42-33(2,3)4)21-9-10-23-25-19(12-14-41-23)11-13-34-27(21)25/h5-11,13,15,28,37H,12,14,16H2,1-4H3,(H,35,38)(H,39,40). The highest BCUT2D eigenvalue weighted by Gasteiger charge is 2.33. The van der Waals surface area contributed by atoms with Crippen molar-refractivity contribution in [2.75, 3.05) is 6.61 Å². The second-order valence-corrected chi connectivity index (χ2v) is 12.5. The van der Waals surface area contributed by atoms with Crippen molar-refractivity contribution in [1.29, 1.82) is 0 Å². The SMILES string of the molecule is Cc1cc2nc(C(=O)NCc3ccc(O)cc3)sc2c(-c2ccc3c4c(ccnc24)CCO3)c1C(OC(C)(C)C)C(=O)O. The summed E-state index contributed by atoms with van der Waals surface area (Å²) >= 11 is 1.20. The van der Waals surface area contributed by atoms with Gasteiger partial charge in [-0.2, -0.15) is 0 Å². The zero-order valence-corrected chi connectivity index (χ0v) is 25.0. The summed E-state index contributed by atoms with van der Waals surface area (Å²) in [7, 11) is 0. The number of phenolic OH excluding ortho intramolecular Hbond substituents is 1. The zero-order chi connectivity index (χ0) is 30.5. The number of aromatic hydroxyl groups is 1. The maximum absolute atomic E-state index is 13.3. The van der Waals surface area contributed by atoms with Crippen molar-refractivity contribution in [3.05, 3.63) is 82.0 Å². The van der Waals surface area contributed by atoms with Crippen LogP contribution in [0.2, 0.25) is 0 Å². The number of aryl methyl sites for hydroxylation is 1. The second-order valence-electron chi connectivity index (χ2n) is 11.6. The van der Waals surface area contributed by atoms with Gasteiger partial charge in [0.15, 0.2) is 11.1 Å². The predicted octanol–water partition coefficient (Wildman–Crippen LogP) is 6.33. The molecule has 0 bridgehead atoms. The first kappa shape index (κ1) is 28.6. The van der Waals surface area contributed by atoms with Gasteiger partial charge in [-0.3, -0.25) is 9.78 Å². The Balaban J connectivity index is 1.55. The third kappa shape index (κ3) is 5.51. The molecular weight excluding hydrogens is 566 g/mol. The van der Waals surface area contributed by atoms with E-state index in [0.29, 0.717) is 39.0 Å². The van der Waals surface area contributed by atoms with Gasteiger partial charge in [0.2, 0.25) is 0 Å². The van der Waals surface area contributed by atoms with Crippen molar-refractivity contribution in [2.45, 2.75) is 52.4 Å². The molecule has 43 heavy (non-hydrogen) atoms. The van der Waals surface area contributed by atoms with Crippen LogP contribution >= 0.6 is 11.3 Å². The Hall–Kier alpha value is -4.54. The van der Waals surface area contributed by atoms with Crippen molar-refractivity contribution in [2.24, 2.45) is 0 Å². The lowest BCUT2D eigenvalue weighted by Gasteiger charge is -2.28. The summed E-state index contributed by atoms with van der Waals surface area (Å²) < 4.78 is 12.8. The van der Waals surface area contributed by atoms with Crippen LogP contribution in [0, 0.1) is 6.92 Å². The minimum Gasteiger partial charge on any atom is -0.508 e. The van der Waals surface area contributed by atoms with E-state index in [9.17, 15) is 19.8 Å². The summed E-state index contributed by atoms with van der Waals surface area (Å²) in [5.41, 5.74) is 4.97. The fraction of sp³-hybridized carbons (Fsp3) is 0.273. The minimum atomic E-state index is -1.28. The molecule has 0 fully saturated rings. The first-order valence-electron chi connectivity index (χ1n) is 13.9. The highest BCUT2D eigenvalue weighted by atomic mass is 32.1. The van der Waals surface area contributed by atoms with E-state index in [-0.39, 0.29) is 23.2 Å². The Kier molecular flexibility index (Phi) is 7.27. The molecule has 1 amide bonds. The molecule has 0 spiro atoms. The van der Waals surface area contributed by atoms with Crippen LogP contribution in [0.4, 0.5) is 0 Å². The fourth-order valence-corrected chi connectivity index (χ4v) is 6.51. The number of carbonyl (C=O) groups excluding carboxylic acids is 1. The van der Waals surface area contributed by atoms with Crippen LogP contribution in [0.5, 0.6) is 11.5 Å². The average Bonchev–Trinajstić information content (AvgIpc) is 3.39. The Bertz CT molecular complexity index is 1880. The van der Waals surface area contributed by atoms with E-state index in [1.165, 1.54) is 11.3 Å². The van der Waals surface area contributed by atoms with Gasteiger partial charge in [-0.25, -0.2) is 9.78 Å². The summed E-state index contributed by atoms with van der Waals surface area (Å²) in [4.78, 5) is 35.5. The lowest BCUT2D eigenvalue weighted by Crippen LogP contribution is -2.28. The maximum Gasteiger partial charge on any atom is 0.337 e. The molecule has 10 heteroatoms. The molecule has 0 aliphatic carbocycles. The van der Waals surface area contributed by atoms with Crippen LogP contribution in [0.25, 0.3) is 32.2 Å². The summed E-state index contributed by atoms with van der Waals surface area (Å²) in [6.45, 7) is 8.13. The van der Waals surface area contributed by atoms with Gasteiger partial charge < -0.3 is 25.0 Å². The number of hydrogen-bond donors (Lipinski definition) is 3. The number of hydrogen-bond acceptors (Lipinski definition) is 8. The summed E-state index contributed by atoms with van der Waals surface area (Å²) in [5, 5.41) is 24.0. The number of carboxylic acid groups (broad SMARTS) is 1. The zero-order valence-electron chi connectivity index (χ0n) is 24.2. The lowest BCUT2D eigenvalue weighted by molar-refractivity contribution is -0.160. The van der Waals surface area contributed by atoms with Crippen molar-refractivity contribution in [3.63, 3.8) is 0 Å². The summed E-state index contributed by atoms with van der Waals surface area (Å²) in [6, 6.07) is 14.2. The van der Waals surface area contributed by atoms with Gasteiger partial charge in [-0.1, -0.05) is 12.1 Å². The van der Waals surface area contributed by atoms with Crippen LogP contribution < -0.4 is 10.1 Å². The Morgan fingerprint density at radius 3 is 2.63 bits per heavy atom. The third-order valence-electron chi connectivity index (χ3n) is 7.31. The number of aromatic nitrogens is 2. The number of benzene rings is 3. The second kappa shape index (κ2) is 10.9. The van der Waals surface area contributed by atoms with Crippen molar-refractivity contribution in [3.8, 4) is 22.6 Å². The van der Waals surface area contributed by atoms with Gasteiger partial charge in [-0.05, 0) is 80.8 Å². The van der Waals surface area contributed by atoms with E-state index >= 15 is 0 Å². The summed E-state index contributed by atoms with van der Waals surface area (Å²) in [5.74, 6) is -0.592. The van der Waals surface area contributed by atoms with Gasteiger partial charge in [0.05, 0.1) is 27.9 Å². The number of carboxylic acids is 1. The molecule has 6 rings (SSSR count). The number of amides is 1. The van der Waals surface area contributed by atoms with Crippen LogP contribution in [-0.2, 0) is 22.5 Å². The normalized spacial score (nSPS) is 13.6. The molecule has 3 N–H and O–H groups in total. The van der Waals surface area contributed by atoms with Crippen LogP contribution in [0.1, 0.15) is 58.9 Å². The van der Waals surface area contributed by atoms with Gasteiger partial charge in [-0.15, -0.1) is 11.3 Å². The third-order valence-corrected chi connectivity index (χ3v) is 8.40. The number of ether oxygens (including phenoxy) is 2. The lowest BCUT2D eigenvalue weighted by atomic mass is 9.89. The molecule has 3 aromatic carbocycles. The number of thiazole rings is 1. The number of rotatable bonds is 7. The number of nitrogens with one attached hydrogen (secondary N) is 1. The number of fused-ring (bicyclic) bond motifs is 1. The topological polar surface area (TPSA) is 131 Å². The largest absolute Gasteiger partial charge is 0.508 e. The molecule has 220 valence electrons. The van der Waals surface area contributed by atoms with Crippen molar-refractivity contribution in [1.82, 2.24) is 15.3 Å². The van der Waals surface area contributed by atoms with Gasteiger partial charge in [0.25, 0.3) is 5.91 Å². The molecule has 1 aliphatic heterocycles. The van der Waals surface area contributed by atoms with E-state index in [1.54, 1.807) is 30.5 Å². The fourth-order valence-electron chi connectivity index (χ4n) is 5.48. The van der Waals surface area contributed by atoms with E-state index in [1.807, 2.05) is 52.0 Å². The van der Waals surface area contributed by atoms with Gasteiger partial charge >= 0.3 is 5.97 Å². The quantitative estimate of drug-likeness (QED) is 0.198. The monoisotopic (exact) mass is 597 g/mol.